The Labute approximate surface area is 81.3 Å². The molecule has 0 atom stereocenters. The van der Waals surface area contributed by atoms with E-state index >= 15 is 0 Å². The average Bonchev–Trinajstić information content (AvgIpc) is 2.01. The lowest BCUT2D eigenvalue weighted by Crippen LogP contribution is -2.16. The number of nitrogens with two attached hydrogens (primary N) is 2. The van der Waals surface area contributed by atoms with E-state index in [2.05, 4.69) is 9.97 Å². The van der Waals surface area contributed by atoms with Crippen molar-refractivity contribution in [2.45, 2.75) is 20.0 Å². The minimum Gasteiger partial charge on any atom is -0.461 e. The molecule has 1 heterocycles. The highest BCUT2D eigenvalue weighted by atomic mass is 16.5. The number of primary amides is 1. The van der Waals surface area contributed by atoms with Gasteiger partial charge in [-0.1, -0.05) is 0 Å². The van der Waals surface area contributed by atoms with E-state index in [-0.39, 0.29) is 23.5 Å². The standard InChI is InChI=1S/C8H12N4O2/c1-4(2)14-8-11-3-5(7(10)13)6(9)12-8/h3-4H,1-2H3,(H2,10,13)(H2,9,11,12). The Bertz CT molecular complexity index is 351. The van der Waals surface area contributed by atoms with Crippen LogP contribution in [0.3, 0.4) is 0 Å². The number of nitrogen functional groups attached to an aromatic ring is 1. The number of hydrogen-bond donors (Lipinski definition) is 2. The number of nitrogens with zero attached hydrogens (tertiary/aromatic N) is 2. The van der Waals surface area contributed by atoms with Gasteiger partial charge in [-0.15, -0.1) is 0 Å². The van der Waals surface area contributed by atoms with Gasteiger partial charge in [0.05, 0.1) is 11.7 Å². The Morgan fingerprint density at radius 2 is 2.21 bits per heavy atom. The molecule has 0 saturated heterocycles. The van der Waals surface area contributed by atoms with Crippen LogP contribution in [0.5, 0.6) is 6.01 Å². The van der Waals surface area contributed by atoms with Gasteiger partial charge in [-0.05, 0) is 13.8 Å². The van der Waals surface area contributed by atoms with Crippen LogP contribution in [0.4, 0.5) is 5.82 Å². The number of carbonyl (C=O) groups is 1. The Morgan fingerprint density at radius 1 is 1.57 bits per heavy atom. The fourth-order valence-corrected chi connectivity index (χ4v) is 0.835. The van der Waals surface area contributed by atoms with Crippen LogP contribution in [0.15, 0.2) is 6.20 Å². The molecule has 76 valence electrons. The van der Waals surface area contributed by atoms with Crippen LogP contribution in [0, 0.1) is 0 Å². The average molecular weight is 196 g/mol. The lowest BCUT2D eigenvalue weighted by atomic mass is 10.3. The van der Waals surface area contributed by atoms with E-state index in [4.69, 9.17) is 16.2 Å². The van der Waals surface area contributed by atoms with Gasteiger partial charge in [0.1, 0.15) is 5.82 Å². The second-order valence-corrected chi connectivity index (χ2v) is 2.98. The molecule has 0 aliphatic rings. The molecule has 1 amide bonds. The quantitative estimate of drug-likeness (QED) is 0.705. The SMILES string of the molecule is CC(C)Oc1ncc(C(N)=O)c(N)n1. The van der Waals surface area contributed by atoms with E-state index in [1.165, 1.54) is 6.20 Å². The summed E-state index contributed by atoms with van der Waals surface area (Å²) in [6.07, 6.45) is 1.20. The summed E-state index contributed by atoms with van der Waals surface area (Å²) in [5.41, 5.74) is 10.6. The molecule has 0 bridgehead atoms. The fourth-order valence-electron chi connectivity index (χ4n) is 0.835. The van der Waals surface area contributed by atoms with Gasteiger partial charge >= 0.3 is 6.01 Å². The van der Waals surface area contributed by atoms with Crippen LogP contribution in [0.2, 0.25) is 0 Å². The Hall–Kier alpha value is -1.85. The Morgan fingerprint density at radius 3 is 2.64 bits per heavy atom. The van der Waals surface area contributed by atoms with Crippen molar-refractivity contribution < 1.29 is 9.53 Å². The third kappa shape index (κ3) is 2.32. The first-order valence-electron chi connectivity index (χ1n) is 4.09. The fraction of sp³-hybridized carbons (Fsp3) is 0.375. The summed E-state index contributed by atoms with van der Waals surface area (Å²) in [4.78, 5) is 18.3. The molecular formula is C8H12N4O2. The van der Waals surface area contributed by atoms with Gasteiger partial charge in [-0.3, -0.25) is 4.79 Å². The van der Waals surface area contributed by atoms with Crippen molar-refractivity contribution in [1.29, 1.82) is 0 Å². The van der Waals surface area contributed by atoms with Gasteiger partial charge in [-0.25, -0.2) is 4.98 Å². The highest BCUT2D eigenvalue weighted by molar-refractivity contribution is 5.96. The van der Waals surface area contributed by atoms with E-state index in [0.717, 1.165) is 0 Å². The molecular weight excluding hydrogens is 184 g/mol. The highest BCUT2D eigenvalue weighted by Gasteiger charge is 2.10. The van der Waals surface area contributed by atoms with Gasteiger partial charge in [0.2, 0.25) is 0 Å². The maximum atomic E-state index is 10.8. The molecule has 0 aliphatic carbocycles. The molecule has 0 fully saturated rings. The summed E-state index contributed by atoms with van der Waals surface area (Å²) in [6, 6.07) is 0.141. The maximum absolute atomic E-state index is 10.8. The van der Waals surface area contributed by atoms with Crippen molar-refractivity contribution >= 4 is 11.7 Å². The van der Waals surface area contributed by atoms with Crippen LogP contribution in [0.1, 0.15) is 24.2 Å². The summed E-state index contributed by atoms with van der Waals surface area (Å²) < 4.78 is 5.18. The number of aromatic nitrogens is 2. The summed E-state index contributed by atoms with van der Waals surface area (Å²) in [5, 5.41) is 0. The van der Waals surface area contributed by atoms with Crippen LogP contribution in [-0.4, -0.2) is 22.0 Å². The summed E-state index contributed by atoms with van der Waals surface area (Å²) in [5.74, 6) is -0.623. The van der Waals surface area contributed by atoms with Crippen molar-refractivity contribution in [2.24, 2.45) is 5.73 Å². The molecule has 1 aromatic rings. The zero-order valence-corrected chi connectivity index (χ0v) is 8.02. The third-order valence-corrected chi connectivity index (χ3v) is 1.40. The predicted molar refractivity (Wildman–Crippen MR) is 50.7 cm³/mol. The molecule has 1 aromatic heterocycles. The molecule has 0 spiro atoms. The number of rotatable bonds is 3. The molecule has 0 radical (unpaired) electrons. The zero-order valence-electron chi connectivity index (χ0n) is 8.02. The van der Waals surface area contributed by atoms with Crippen LogP contribution < -0.4 is 16.2 Å². The summed E-state index contributed by atoms with van der Waals surface area (Å²) in [6.45, 7) is 3.67. The topological polar surface area (TPSA) is 104 Å². The number of carbonyl (C=O) groups excluding carboxylic acids is 1. The van der Waals surface area contributed by atoms with Gasteiger partial charge < -0.3 is 16.2 Å². The first-order chi connectivity index (χ1) is 6.50. The largest absolute Gasteiger partial charge is 0.461 e. The number of ether oxygens (including phenoxy) is 1. The molecule has 1 rings (SSSR count). The molecule has 0 aliphatic heterocycles. The predicted octanol–water partition coefficient (Wildman–Crippen LogP) is -0.0551. The summed E-state index contributed by atoms with van der Waals surface area (Å²) >= 11 is 0. The molecule has 6 nitrogen and oxygen atoms in total. The van der Waals surface area contributed by atoms with Crippen LogP contribution >= 0.6 is 0 Å². The lowest BCUT2D eigenvalue weighted by Gasteiger charge is -2.08. The first kappa shape index (κ1) is 10.2. The van der Waals surface area contributed by atoms with Crippen LogP contribution in [-0.2, 0) is 0 Å². The minimum absolute atomic E-state index is 0.0307. The normalized spacial score (nSPS) is 10.2. The monoisotopic (exact) mass is 196 g/mol. The number of anilines is 1. The number of hydrogen-bond acceptors (Lipinski definition) is 5. The van der Waals surface area contributed by atoms with E-state index in [9.17, 15) is 4.79 Å². The van der Waals surface area contributed by atoms with Gasteiger partial charge in [0.25, 0.3) is 5.91 Å². The van der Waals surface area contributed by atoms with E-state index < -0.39 is 5.91 Å². The first-order valence-corrected chi connectivity index (χ1v) is 4.09. The Balaban J connectivity index is 2.94. The second-order valence-electron chi connectivity index (χ2n) is 2.98. The van der Waals surface area contributed by atoms with Gasteiger partial charge in [0, 0.05) is 6.20 Å². The zero-order chi connectivity index (χ0) is 10.7. The van der Waals surface area contributed by atoms with Crippen molar-refractivity contribution in [2.75, 3.05) is 5.73 Å². The molecule has 4 N–H and O–H groups in total. The highest BCUT2D eigenvalue weighted by Crippen LogP contribution is 2.11. The molecule has 0 aromatic carbocycles. The van der Waals surface area contributed by atoms with Crippen molar-refractivity contribution in [3.05, 3.63) is 11.8 Å². The van der Waals surface area contributed by atoms with Gasteiger partial charge in [0.15, 0.2) is 0 Å². The second kappa shape index (κ2) is 3.91. The molecule has 0 unspecified atom stereocenters. The molecule has 0 saturated carbocycles. The summed E-state index contributed by atoms with van der Waals surface area (Å²) in [7, 11) is 0. The molecule has 14 heavy (non-hydrogen) atoms. The maximum Gasteiger partial charge on any atom is 0.318 e. The lowest BCUT2D eigenvalue weighted by molar-refractivity contribution is 0.100. The van der Waals surface area contributed by atoms with Gasteiger partial charge in [-0.2, -0.15) is 4.98 Å². The Kier molecular flexibility index (Phi) is 2.85. The van der Waals surface area contributed by atoms with E-state index in [0.29, 0.717) is 0 Å². The van der Waals surface area contributed by atoms with Crippen molar-refractivity contribution in [3.8, 4) is 6.01 Å². The van der Waals surface area contributed by atoms with Crippen LogP contribution in [0.25, 0.3) is 0 Å². The smallest absolute Gasteiger partial charge is 0.318 e. The van der Waals surface area contributed by atoms with Crippen molar-refractivity contribution in [1.82, 2.24) is 9.97 Å². The third-order valence-electron chi connectivity index (χ3n) is 1.40. The number of amides is 1. The minimum atomic E-state index is -0.654. The van der Waals surface area contributed by atoms with Crippen molar-refractivity contribution in [3.63, 3.8) is 0 Å². The van der Waals surface area contributed by atoms with E-state index in [1.54, 1.807) is 0 Å². The van der Waals surface area contributed by atoms with E-state index in [1.807, 2.05) is 13.8 Å². The molecule has 6 heteroatoms.